The molecular weight excluding hydrogens is 295 g/mol. The maximum absolute atomic E-state index is 12.7. The molecule has 0 atom stereocenters. The summed E-state index contributed by atoms with van der Waals surface area (Å²) >= 11 is 6.02. The van der Waals surface area contributed by atoms with Crippen LogP contribution >= 0.6 is 11.6 Å². The lowest BCUT2D eigenvalue weighted by molar-refractivity contribution is -0.118. The Morgan fingerprint density at radius 2 is 1.95 bits per heavy atom. The number of nitrogens with one attached hydrogen (secondary N) is 1. The normalized spacial score (nSPS) is 10.2. The number of halogens is 2. The zero-order valence-electron chi connectivity index (χ0n) is 11.1. The van der Waals surface area contributed by atoms with Gasteiger partial charge in [0.2, 0.25) is 0 Å². The summed E-state index contributed by atoms with van der Waals surface area (Å²) in [4.78, 5) is 11.7. The standard InChI is InChI=1S/C15H14ClFN2O2/c16-13-7-10(8-18)1-6-14(13)21-9-15(20)19-12-4-2-11(17)3-5-12/h1-7H,8-9,18H2,(H,19,20). The molecule has 0 heterocycles. The molecule has 2 aromatic rings. The predicted molar refractivity (Wildman–Crippen MR) is 79.9 cm³/mol. The smallest absolute Gasteiger partial charge is 0.262 e. The van der Waals surface area contributed by atoms with Crippen molar-refractivity contribution in [1.29, 1.82) is 0 Å². The minimum atomic E-state index is -0.365. The molecule has 0 saturated heterocycles. The van der Waals surface area contributed by atoms with E-state index in [0.29, 0.717) is 23.0 Å². The van der Waals surface area contributed by atoms with Gasteiger partial charge in [0.25, 0.3) is 5.91 Å². The molecule has 2 rings (SSSR count). The molecule has 1 amide bonds. The zero-order valence-corrected chi connectivity index (χ0v) is 11.9. The van der Waals surface area contributed by atoms with Gasteiger partial charge in [0, 0.05) is 12.2 Å². The maximum Gasteiger partial charge on any atom is 0.262 e. The van der Waals surface area contributed by atoms with E-state index in [-0.39, 0.29) is 18.3 Å². The van der Waals surface area contributed by atoms with E-state index in [2.05, 4.69) is 5.32 Å². The summed E-state index contributed by atoms with van der Waals surface area (Å²) in [6.45, 7) is 0.185. The number of hydrogen-bond acceptors (Lipinski definition) is 3. The largest absolute Gasteiger partial charge is 0.482 e. The molecule has 6 heteroatoms. The number of hydrogen-bond donors (Lipinski definition) is 2. The van der Waals surface area contributed by atoms with E-state index < -0.39 is 0 Å². The summed E-state index contributed by atoms with van der Waals surface area (Å²) in [5, 5.41) is 2.98. The van der Waals surface area contributed by atoms with Gasteiger partial charge < -0.3 is 15.8 Å². The van der Waals surface area contributed by atoms with Gasteiger partial charge in [-0.15, -0.1) is 0 Å². The molecule has 0 aliphatic heterocycles. The average molecular weight is 309 g/mol. The van der Waals surface area contributed by atoms with Gasteiger partial charge in [-0.25, -0.2) is 4.39 Å². The van der Waals surface area contributed by atoms with Gasteiger partial charge in [-0.3, -0.25) is 4.79 Å². The van der Waals surface area contributed by atoms with Gasteiger partial charge in [-0.05, 0) is 42.0 Å². The lowest BCUT2D eigenvalue weighted by atomic mass is 10.2. The number of carbonyl (C=O) groups excluding carboxylic acids is 1. The van der Waals surface area contributed by atoms with Crippen molar-refractivity contribution < 1.29 is 13.9 Å². The van der Waals surface area contributed by atoms with Crippen LogP contribution in [0.5, 0.6) is 5.75 Å². The van der Waals surface area contributed by atoms with E-state index in [1.165, 1.54) is 24.3 Å². The Morgan fingerprint density at radius 1 is 1.24 bits per heavy atom. The third-order valence-corrected chi connectivity index (χ3v) is 3.01. The molecule has 0 aromatic heterocycles. The van der Waals surface area contributed by atoms with Gasteiger partial charge >= 0.3 is 0 Å². The number of rotatable bonds is 5. The van der Waals surface area contributed by atoms with Crippen LogP contribution in [0.4, 0.5) is 10.1 Å². The Kier molecular flexibility index (Phi) is 5.14. The Hall–Kier alpha value is -2.11. The molecule has 0 radical (unpaired) electrons. The Morgan fingerprint density at radius 3 is 2.57 bits per heavy atom. The molecular formula is C15H14ClFN2O2. The van der Waals surface area contributed by atoms with Gasteiger partial charge in [0.1, 0.15) is 11.6 Å². The van der Waals surface area contributed by atoms with Crippen LogP contribution in [0.1, 0.15) is 5.56 Å². The van der Waals surface area contributed by atoms with Crippen molar-refractivity contribution in [3.05, 3.63) is 58.9 Å². The molecule has 0 bridgehead atoms. The second-order valence-corrected chi connectivity index (χ2v) is 4.72. The molecule has 0 aliphatic carbocycles. The van der Waals surface area contributed by atoms with E-state index in [1.54, 1.807) is 18.2 Å². The highest BCUT2D eigenvalue weighted by molar-refractivity contribution is 6.32. The highest BCUT2D eigenvalue weighted by atomic mass is 35.5. The monoisotopic (exact) mass is 308 g/mol. The third kappa shape index (κ3) is 4.44. The predicted octanol–water partition coefficient (Wildman–Crippen LogP) is 2.96. The fraction of sp³-hybridized carbons (Fsp3) is 0.133. The molecule has 0 spiro atoms. The Balaban J connectivity index is 1.90. The second kappa shape index (κ2) is 7.06. The first-order valence-corrected chi connectivity index (χ1v) is 6.63. The van der Waals surface area contributed by atoms with Crippen molar-refractivity contribution in [2.45, 2.75) is 6.54 Å². The Labute approximate surface area is 126 Å². The number of amides is 1. The number of ether oxygens (including phenoxy) is 1. The average Bonchev–Trinajstić information content (AvgIpc) is 2.48. The summed E-state index contributed by atoms with van der Waals surface area (Å²) in [5.74, 6) is -0.320. The van der Waals surface area contributed by atoms with Crippen LogP contribution < -0.4 is 15.8 Å². The second-order valence-electron chi connectivity index (χ2n) is 4.31. The summed E-state index contributed by atoms with van der Waals surface area (Å²) in [6.07, 6.45) is 0. The lowest BCUT2D eigenvalue weighted by Crippen LogP contribution is -2.20. The first-order valence-electron chi connectivity index (χ1n) is 6.25. The number of carbonyl (C=O) groups is 1. The third-order valence-electron chi connectivity index (χ3n) is 2.72. The molecule has 0 unspecified atom stereocenters. The minimum absolute atomic E-state index is 0.195. The van der Waals surface area contributed by atoms with Crippen molar-refractivity contribution in [1.82, 2.24) is 0 Å². The number of nitrogens with two attached hydrogens (primary N) is 1. The summed E-state index contributed by atoms with van der Waals surface area (Å²) in [6, 6.07) is 10.6. The first-order chi connectivity index (χ1) is 10.1. The van der Waals surface area contributed by atoms with Crippen LogP contribution in [0.15, 0.2) is 42.5 Å². The van der Waals surface area contributed by atoms with Gasteiger partial charge in [0.05, 0.1) is 5.02 Å². The van der Waals surface area contributed by atoms with E-state index in [4.69, 9.17) is 22.1 Å². The van der Waals surface area contributed by atoms with Crippen LogP contribution in [0.2, 0.25) is 5.02 Å². The van der Waals surface area contributed by atoms with Crippen molar-refractivity contribution >= 4 is 23.2 Å². The van der Waals surface area contributed by atoms with E-state index in [1.807, 2.05) is 0 Å². The van der Waals surface area contributed by atoms with Crippen LogP contribution in [0, 0.1) is 5.82 Å². The van der Waals surface area contributed by atoms with Crippen molar-refractivity contribution in [3.8, 4) is 5.75 Å². The fourth-order valence-electron chi connectivity index (χ4n) is 1.66. The van der Waals surface area contributed by atoms with Crippen molar-refractivity contribution in [2.75, 3.05) is 11.9 Å². The lowest BCUT2D eigenvalue weighted by Gasteiger charge is -2.09. The van der Waals surface area contributed by atoms with E-state index >= 15 is 0 Å². The Bertz CT molecular complexity index is 632. The fourth-order valence-corrected chi connectivity index (χ4v) is 1.92. The van der Waals surface area contributed by atoms with Crippen LogP contribution in [-0.4, -0.2) is 12.5 Å². The van der Waals surface area contributed by atoms with E-state index in [9.17, 15) is 9.18 Å². The summed E-state index contributed by atoms with van der Waals surface area (Å²) in [5.41, 5.74) is 6.87. The molecule has 110 valence electrons. The highest BCUT2D eigenvalue weighted by Crippen LogP contribution is 2.25. The maximum atomic E-state index is 12.7. The molecule has 2 aromatic carbocycles. The number of anilines is 1. The molecule has 0 fully saturated rings. The minimum Gasteiger partial charge on any atom is -0.482 e. The number of benzene rings is 2. The molecule has 4 nitrogen and oxygen atoms in total. The van der Waals surface area contributed by atoms with E-state index in [0.717, 1.165) is 5.56 Å². The SMILES string of the molecule is NCc1ccc(OCC(=O)Nc2ccc(F)cc2)c(Cl)c1. The zero-order chi connectivity index (χ0) is 15.2. The molecule has 3 N–H and O–H groups in total. The van der Waals surface area contributed by atoms with Gasteiger partial charge in [-0.1, -0.05) is 17.7 Å². The van der Waals surface area contributed by atoms with Crippen LogP contribution in [0.3, 0.4) is 0 Å². The first kappa shape index (κ1) is 15.3. The van der Waals surface area contributed by atoms with Gasteiger partial charge in [0.15, 0.2) is 6.61 Å². The molecule has 0 saturated carbocycles. The van der Waals surface area contributed by atoms with Crippen LogP contribution in [-0.2, 0) is 11.3 Å². The van der Waals surface area contributed by atoms with Crippen LogP contribution in [0.25, 0.3) is 0 Å². The topological polar surface area (TPSA) is 64.3 Å². The van der Waals surface area contributed by atoms with Gasteiger partial charge in [-0.2, -0.15) is 0 Å². The van der Waals surface area contributed by atoms with Crippen molar-refractivity contribution in [2.24, 2.45) is 5.73 Å². The summed E-state index contributed by atoms with van der Waals surface area (Å²) < 4.78 is 18.1. The quantitative estimate of drug-likeness (QED) is 0.892. The molecule has 0 aliphatic rings. The summed E-state index contributed by atoms with van der Waals surface area (Å²) in [7, 11) is 0. The molecule has 21 heavy (non-hydrogen) atoms. The highest BCUT2D eigenvalue weighted by Gasteiger charge is 2.07. The van der Waals surface area contributed by atoms with Crippen molar-refractivity contribution in [3.63, 3.8) is 0 Å².